The summed E-state index contributed by atoms with van der Waals surface area (Å²) in [4.78, 5) is 12.3. The highest BCUT2D eigenvalue weighted by Gasteiger charge is 2.34. The minimum atomic E-state index is -5.27. The quantitative estimate of drug-likeness (QED) is 0.144. The number of carbonyl (C=O) groups excluding carboxylic acids is 1. The fourth-order valence-corrected chi connectivity index (χ4v) is 4.25. The van der Waals surface area contributed by atoms with Crippen molar-refractivity contribution < 1.29 is 41.0 Å². The van der Waals surface area contributed by atoms with Gasteiger partial charge in [0.25, 0.3) is 0 Å². The fraction of sp³-hybridized carbons (Fsp3) is 0.500. The number of rotatable bonds is 10. The average Bonchev–Trinajstić information content (AvgIpc) is 2.81. The number of ether oxygens (including phenoxy) is 3. The monoisotopic (exact) mass is 500 g/mol. The molecule has 1 aliphatic carbocycles. The first-order valence-electron chi connectivity index (χ1n) is 11.8. The van der Waals surface area contributed by atoms with E-state index in [1.54, 1.807) is 12.1 Å². The minimum absolute atomic E-state index is 0.0846. The van der Waals surface area contributed by atoms with E-state index < -0.39 is 35.5 Å². The molecule has 0 amide bonds. The van der Waals surface area contributed by atoms with Gasteiger partial charge in [-0.15, -0.1) is 13.2 Å². The van der Waals surface area contributed by atoms with Crippen molar-refractivity contribution in [2.24, 2.45) is 11.8 Å². The Balaban J connectivity index is 1.48. The Labute approximate surface area is 201 Å². The zero-order valence-corrected chi connectivity index (χ0v) is 19.5. The Kier molecular flexibility index (Phi) is 9.34. The lowest BCUT2D eigenvalue weighted by atomic mass is 9.80. The van der Waals surface area contributed by atoms with Gasteiger partial charge in [-0.1, -0.05) is 45.4 Å². The molecule has 192 valence electrons. The third-order valence-corrected chi connectivity index (χ3v) is 6.16. The lowest BCUT2D eigenvalue weighted by molar-refractivity contribution is -0.276. The molecule has 2 aromatic carbocycles. The summed E-state index contributed by atoms with van der Waals surface area (Å²) < 4.78 is 78.4. The number of unbranched alkanes of at least 4 members (excludes halogenated alkanes) is 2. The van der Waals surface area contributed by atoms with Crippen LogP contribution in [0, 0.1) is 23.5 Å². The normalized spacial score (nSPS) is 18.2. The second-order valence-electron chi connectivity index (χ2n) is 8.87. The molecule has 0 radical (unpaired) electrons. The predicted octanol–water partition coefficient (Wildman–Crippen LogP) is 7.85. The van der Waals surface area contributed by atoms with E-state index >= 15 is 0 Å². The van der Waals surface area contributed by atoms with Crippen LogP contribution < -0.4 is 14.2 Å². The first kappa shape index (κ1) is 26.8. The molecule has 3 rings (SSSR count). The number of alkyl halides is 3. The molecule has 1 fully saturated rings. The Bertz CT molecular complexity index is 944. The molecule has 0 aliphatic heterocycles. The first-order chi connectivity index (χ1) is 16.6. The van der Waals surface area contributed by atoms with Crippen molar-refractivity contribution in [2.75, 3.05) is 6.61 Å². The molecule has 1 saturated carbocycles. The van der Waals surface area contributed by atoms with Crippen LogP contribution in [0.3, 0.4) is 0 Å². The van der Waals surface area contributed by atoms with Gasteiger partial charge in [-0.25, -0.2) is 13.6 Å². The Morgan fingerprint density at radius 2 is 1.51 bits per heavy atom. The summed E-state index contributed by atoms with van der Waals surface area (Å²) in [6, 6.07) is 6.95. The van der Waals surface area contributed by atoms with E-state index in [4.69, 9.17) is 9.47 Å². The zero-order chi connectivity index (χ0) is 25.4. The standard InChI is InChI=1S/C26H29F5O4/c1-2-3-4-5-17-6-8-18(9-7-17)16-33-20-12-10-19(11-13-20)25(32)34-21-14-22(27)24(23(28)15-21)35-26(29,30)31/h10-15,17-18H,2-9,16H2,1H3. The summed E-state index contributed by atoms with van der Waals surface area (Å²) >= 11 is 0. The number of hydrogen-bond donors (Lipinski definition) is 0. The molecule has 0 spiro atoms. The highest BCUT2D eigenvalue weighted by atomic mass is 19.4. The average molecular weight is 501 g/mol. The van der Waals surface area contributed by atoms with Crippen molar-refractivity contribution >= 4 is 5.97 Å². The lowest BCUT2D eigenvalue weighted by Crippen LogP contribution is -2.20. The van der Waals surface area contributed by atoms with Crippen LogP contribution in [-0.2, 0) is 0 Å². The van der Waals surface area contributed by atoms with Gasteiger partial charge in [0.2, 0.25) is 5.75 Å². The van der Waals surface area contributed by atoms with E-state index in [0.717, 1.165) is 18.8 Å². The molecule has 0 aromatic heterocycles. The third kappa shape index (κ3) is 8.40. The van der Waals surface area contributed by atoms with Gasteiger partial charge in [0, 0.05) is 12.1 Å². The van der Waals surface area contributed by atoms with E-state index in [1.807, 2.05) is 0 Å². The molecule has 35 heavy (non-hydrogen) atoms. The van der Waals surface area contributed by atoms with Crippen molar-refractivity contribution in [3.05, 3.63) is 53.6 Å². The Morgan fingerprint density at radius 3 is 2.09 bits per heavy atom. The van der Waals surface area contributed by atoms with E-state index in [-0.39, 0.29) is 5.56 Å². The molecule has 0 saturated heterocycles. The number of hydrogen-bond acceptors (Lipinski definition) is 4. The molecule has 9 heteroatoms. The van der Waals surface area contributed by atoms with Crippen molar-refractivity contribution in [1.82, 2.24) is 0 Å². The minimum Gasteiger partial charge on any atom is -0.493 e. The number of benzene rings is 2. The first-order valence-corrected chi connectivity index (χ1v) is 11.8. The molecule has 0 unspecified atom stereocenters. The third-order valence-electron chi connectivity index (χ3n) is 6.16. The molecule has 0 heterocycles. The van der Waals surface area contributed by atoms with Crippen LogP contribution in [0.1, 0.15) is 68.6 Å². The van der Waals surface area contributed by atoms with Crippen molar-refractivity contribution in [1.29, 1.82) is 0 Å². The molecule has 0 atom stereocenters. The molecular formula is C26H29F5O4. The fourth-order valence-electron chi connectivity index (χ4n) is 4.25. The molecule has 4 nitrogen and oxygen atoms in total. The molecule has 1 aliphatic rings. The maximum Gasteiger partial charge on any atom is 0.573 e. The summed E-state index contributed by atoms with van der Waals surface area (Å²) in [5.41, 5.74) is 0.0846. The van der Waals surface area contributed by atoms with Crippen LogP contribution in [0.2, 0.25) is 0 Å². The van der Waals surface area contributed by atoms with E-state index in [9.17, 15) is 26.7 Å². The van der Waals surface area contributed by atoms with Gasteiger partial charge in [-0.3, -0.25) is 0 Å². The van der Waals surface area contributed by atoms with Gasteiger partial charge >= 0.3 is 12.3 Å². The van der Waals surface area contributed by atoms with Crippen molar-refractivity contribution in [3.8, 4) is 17.2 Å². The van der Waals surface area contributed by atoms with Crippen LogP contribution in [-0.4, -0.2) is 18.9 Å². The van der Waals surface area contributed by atoms with E-state index in [1.165, 1.54) is 50.7 Å². The smallest absolute Gasteiger partial charge is 0.493 e. The predicted molar refractivity (Wildman–Crippen MR) is 120 cm³/mol. The topological polar surface area (TPSA) is 44.8 Å². The molecular weight excluding hydrogens is 471 g/mol. The highest BCUT2D eigenvalue weighted by molar-refractivity contribution is 5.91. The van der Waals surface area contributed by atoms with E-state index in [2.05, 4.69) is 11.7 Å². The van der Waals surface area contributed by atoms with Gasteiger partial charge in [-0.05, 0) is 48.9 Å². The maximum atomic E-state index is 13.8. The number of esters is 1. The van der Waals surface area contributed by atoms with Crippen molar-refractivity contribution in [3.63, 3.8) is 0 Å². The van der Waals surface area contributed by atoms with Crippen LogP contribution in [0.15, 0.2) is 36.4 Å². The second kappa shape index (κ2) is 12.2. The van der Waals surface area contributed by atoms with Crippen LogP contribution in [0.4, 0.5) is 22.0 Å². The zero-order valence-electron chi connectivity index (χ0n) is 19.5. The van der Waals surface area contributed by atoms with Gasteiger partial charge in [-0.2, -0.15) is 0 Å². The largest absolute Gasteiger partial charge is 0.573 e. The summed E-state index contributed by atoms with van der Waals surface area (Å²) in [5, 5.41) is 0. The van der Waals surface area contributed by atoms with E-state index in [0.29, 0.717) is 30.4 Å². The van der Waals surface area contributed by atoms with Crippen molar-refractivity contribution in [2.45, 2.75) is 64.7 Å². The highest BCUT2D eigenvalue weighted by Crippen LogP contribution is 2.33. The summed E-state index contributed by atoms with van der Waals surface area (Å²) in [5.74, 6) is -4.55. The summed E-state index contributed by atoms with van der Waals surface area (Å²) in [7, 11) is 0. The van der Waals surface area contributed by atoms with Crippen LogP contribution in [0.5, 0.6) is 17.2 Å². The Morgan fingerprint density at radius 1 is 0.914 bits per heavy atom. The molecule has 2 aromatic rings. The summed E-state index contributed by atoms with van der Waals surface area (Å²) in [6.45, 7) is 2.81. The maximum absolute atomic E-state index is 13.8. The number of halogens is 5. The summed E-state index contributed by atoms with van der Waals surface area (Å²) in [6.07, 6.45) is 4.62. The molecule has 0 N–H and O–H groups in total. The Hall–Kier alpha value is -2.84. The van der Waals surface area contributed by atoms with Gasteiger partial charge in [0.1, 0.15) is 11.5 Å². The van der Waals surface area contributed by atoms with Crippen LogP contribution >= 0.6 is 0 Å². The van der Waals surface area contributed by atoms with Gasteiger partial charge in [0.05, 0.1) is 12.2 Å². The second-order valence-corrected chi connectivity index (χ2v) is 8.87. The van der Waals surface area contributed by atoms with Gasteiger partial charge < -0.3 is 14.2 Å². The van der Waals surface area contributed by atoms with Crippen LogP contribution in [0.25, 0.3) is 0 Å². The lowest BCUT2D eigenvalue weighted by Gasteiger charge is -2.28. The SMILES string of the molecule is CCCCCC1CCC(COc2ccc(C(=O)Oc3cc(F)c(OC(F)(F)F)c(F)c3)cc2)CC1. The molecule has 0 bridgehead atoms. The van der Waals surface area contributed by atoms with Gasteiger partial charge in [0.15, 0.2) is 11.6 Å². The number of carbonyl (C=O) groups is 1.